The molecule has 2 heteroatoms. The molecule has 100 valence electrons. The third-order valence-electron chi connectivity index (χ3n) is 3.38. The highest BCUT2D eigenvalue weighted by Gasteiger charge is 2.08. The number of methoxy groups -OCH3 is 1. The lowest BCUT2D eigenvalue weighted by Gasteiger charge is -2.16. The molecule has 0 saturated carbocycles. The summed E-state index contributed by atoms with van der Waals surface area (Å²) in [5.41, 5.74) is 3.67. The molecule has 2 rings (SSSR count). The first kappa shape index (κ1) is 13.5. The van der Waals surface area contributed by atoms with Crippen LogP contribution < -0.4 is 9.47 Å². The number of hydrogen-bond donors (Lipinski definition) is 0. The minimum Gasteiger partial charge on any atom is -0.497 e. The maximum atomic E-state index is 5.97. The van der Waals surface area contributed by atoms with Gasteiger partial charge in [0, 0.05) is 0 Å². The van der Waals surface area contributed by atoms with Crippen molar-refractivity contribution in [2.24, 2.45) is 0 Å². The molecule has 0 amide bonds. The number of hydrogen-bond acceptors (Lipinski definition) is 2. The lowest BCUT2D eigenvalue weighted by atomic mass is 10.1. The Hall–Kier alpha value is -1.96. The van der Waals surface area contributed by atoms with Crippen LogP contribution in [0.5, 0.6) is 11.5 Å². The Morgan fingerprint density at radius 3 is 2.05 bits per heavy atom. The summed E-state index contributed by atoms with van der Waals surface area (Å²) in [5, 5.41) is 0. The molecule has 0 heterocycles. The van der Waals surface area contributed by atoms with Gasteiger partial charge in [0.1, 0.15) is 17.6 Å². The van der Waals surface area contributed by atoms with Gasteiger partial charge < -0.3 is 9.47 Å². The largest absolute Gasteiger partial charge is 0.497 e. The molecule has 1 unspecified atom stereocenters. The molecule has 2 aromatic rings. The predicted octanol–water partition coefficient (Wildman–Crippen LogP) is 4.45. The van der Waals surface area contributed by atoms with E-state index in [2.05, 4.69) is 32.9 Å². The van der Waals surface area contributed by atoms with Crippen molar-refractivity contribution in [2.75, 3.05) is 7.11 Å². The van der Waals surface area contributed by atoms with Crippen molar-refractivity contribution >= 4 is 0 Å². The third kappa shape index (κ3) is 3.28. The molecule has 0 aliphatic carbocycles. The van der Waals surface area contributed by atoms with Gasteiger partial charge in [-0.05, 0) is 61.7 Å². The van der Waals surface area contributed by atoms with Gasteiger partial charge in [0.05, 0.1) is 7.11 Å². The Morgan fingerprint density at radius 1 is 0.842 bits per heavy atom. The summed E-state index contributed by atoms with van der Waals surface area (Å²) in [5.74, 6) is 1.77. The van der Waals surface area contributed by atoms with Crippen LogP contribution in [0.2, 0.25) is 0 Å². The smallest absolute Gasteiger partial charge is 0.121 e. The third-order valence-corrected chi connectivity index (χ3v) is 3.38. The van der Waals surface area contributed by atoms with Gasteiger partial charge in [0.2, 0.25) is 0 Å². The topological polar surface area (TPSA) is 18.5 Å². The van der Waals surface area contributed by atoms with Crippen LogP contribution in [0.15, 0.2) is 42.5 Å². The van der Waals surface area contributed by atoms with E-state index >= 15 is 0 Å². The standard InChI is InChI=1S/C17H20O2/c1-12-5-8-17(11-13(12)2)19-14(3)15-6-9-16(18-4)10-7-15/h5-11,14H,1-4H3. The quantitative estimate of drug-likeness (QED) is 0.804. The van der Waals surface area contributed by atoms with Gasteiger partial charge in [-0.2, -0.15) is 0 Å². The SMILES string of the molecule is COc1ccc(C(C)Oc2ccc(C)c(C)c2)cc1. The molecule has 0 fully saturated rings. The molecule has 0 bridgehead atoms. The lowest BCUT2D eigenvalue weighted by molar-refractivity contribution is 0.226. The summed E-state index contributed by atoms with van der Waals surface area (Å²) >= 11 is 0. The van der Waals surface area contributed by atoms with E-state index in [0.29, 0.717) is 0 Å². The van der Waals surface area contributed by atoms with Crippen molar-refractivity contribution in [1.29, 1.82) is 0 Å². The maximum Gasteiger partial charge on any atom is 0.121 e. The first-order valence-electron chi connectivity index (χ1n) is 6.48. The van der Waals surface area contributed by atoms with Crippen molar-refractivity contribution in [2.45, 2.75) is 26.9 Å². The molecule has 0 spiro atoms. The molecule has 1 atom stereocenters. The summed E-state index contributed by atoms with van der Waals surface area (Å²) < 4.78 is 11.1. The Bertz CT molecular complexity index is 544. The minimum absolute atomic E-state index is 0.0213. The van der Waals surface area contributed by atoms with Crippen LogP contribution in [0, 0.1) is 13.8 Å². The summed E-state index contributed by atoms with van der Waals surface area (Å²) in [6.45, 7) is 6.25. The van der Waals surface area contributed by atoms with Crippen molar-refractivity contribution in [1.82, 2.24) is 0 Å². The van der Waals surface area contributed by atoms with Crippen LogP contribution in [0.1, 0.15) is 29.7 Å². The molecular weight excluding hydrogens is 236 g/mol. The number of rotatable bonds is 4. The maximum absolute atomic E-state index is 5.97. The fourth-order valence-electron chi connectivity index (χ4n) is 1.93. The molecule has 2 nitrogen and oxygen atoms in total. The average molecular weight is 256 g/mol. The molecule has 19 heavy (non-hydrogen) atoms. The Morgan fingerprint density at radius 2 is 1.47 bits per heavy atom. The van der Waals surface area contributed by atoms with Crippen LogP contribution >= 0.6 is 0 Å². The highest BCUT2D eigenvalue weighted by molar-refractivity contribution is 5.35. The Kier molecular flexibility index (Phi) is 4.10. The van der Waals surface area contributed by atoms with Gasteiger partial charge in [0.25, 0.3) is 0 Å². The molecule has 0 aromatic heterocycles. The monoisotopic (exact) mass is 256 g/mol. The van der Waals surface area contributed by atoms with Crippen LogP contribution in [0.25, 0.3) is 0 Å². The number of ether oxygens (including phenoxy) is 2. The van der Waals surface area contributed by atoms with Gasteiger partial charge in [-0.1, -0.05) is 18.2 Å². The van der Waals surface area contributed by atoms with Crippen molar-refractivity contribution < 1.29 is 9.47 Å². The van der Waals surface area contributed by atoms with E-state index in [4.69, 9.17) is 9.47 Å². The predicted molar refractivity (Wildman–Crippen MR) is 78.0 cm³/mol. The fraction of sp³-hybridized carbons (Fsp3) is 0.294. The first-order valence-corrected chi connectivity index (χ1v) is 6.48. The minimum atomic E-state index is 0.0213. The molecule has 0 radical (unpaired) electrons. The van der Waals surface area contributed by atoms with E-state index in [1.54, 1.807) is 7.11 Å². The average Bonchev–Trinajstić information content (AvgIpc) is 2.43. The van der Waals surface area contributed by atoms with E-state index in [9.17, 15) is 0 Å². The van der Waals surface area contributed by atoms with Gasteiger partial charge in [-0.15, -0.1) is 0 Å². The van der Waals surface area contributed by atoms with Crippen LogP contribution in [-0.2, 0) is 0 Å². The van der Waals surface area contributed by atoms with E-state index < -0.39 is 0 Å². The second kappa shape index (κ2) is 5.79. The van der Waals surface area contributed by atoms with Crippen LogP contribution in [-0.4, -0.2) is 7.11 Å². The zero-order chi connectivity index (χ0) is 13.8. The summed E-state index contributed by atoms with van der Waals surface area (Å²) in [7, 11) is 1.67. The lowest BCUT2D eigenvalue weighted by Crippen LogP contribution is -2.03. The van der Waals surface area contributed by atoms with E-state index in [0.717, 1.165) is 17.1 Å². The van der Waals surface area contributed by atoms with Crippen molar-refractivity contribution in [3.8, 4) is 11.5 Å². The Labute approximate surface area is 115 Å². The molecular formula is C17H20O2. The van der Waals surface area contributed by atoms with Crippen LogP contribution in [0.3, 0.4) is 0 Å². The Balaban J connectivity index is 2.10. The summed E-state index contributed by atoms with van der Waals surface area (Å²) in [6.07, 6.45) is 0.0213. The number of benzene rings is 2. The second-order valence-corrected chi connectivity index (χ2v) is 4.78. The summed E-state index contributed by atoms with van der Waals surface area (Å²) in [4.78, 5) is 0. The molecule has 2 aromatic carbocycles. The zero-order valence-electron chi connectivity index (χ0n) is 11.9. The number of aryl methyl sites for hydroxylation is 2. The van der Waals surface area contributed by atoms with Gasteiger partial charge in [-0.25, -0.2) is 0 Å². The molecule has 0 saturated heterocycles. The first-order chi connectivity index (χ1) is 9.10. The second-order valence-electron chi connectivity index (χ2n) is 4.78. The van der Waals surface area contributed by atoms with Crippen LogP contribution in [0.4, 0.5) is 0 Å². The fourth-order valence-corrected chi connectivity index (χ4v) is 1.93. The van der Waals surface area contributed by atoms with Crippen molar-refractivity contribution in [3.05, 3.63) is 59.2 Å². The van der Waals surface area contributed by atoms with E-state index in [1.165, 1.54) is 11.1 Å². The normalized spacial score (nSPS) is 12.0. The van der Waals surface area contributed by atoms with E-state index in [-0.39, 0.29) is 6.10 Å². The molecule has 0 aliphatic heterocycles. The summed E-state index contributed by atoms with van der Waals surface area (Å²) in [6, 6.07) is 14.2. The highest BCUT2D eigenvalue weighted by Crippen LogP contribution is 2.25. The van der Waals surface area contributed by atoms with E-state index in [1.807, 2.05) is 30.3 Å². The van der Waals surface area contributed by atoms with Gasteiger partial charge in [0.15, 0.2) is 0 Å². The van der Waals surface area contributed by atoms with Gasteiger partial charge in [-0.3, -0.25) is 0 Å². The highest BCUT2D eigenvalue weighted by atomic mass is 16.5. The van der Waals surface area contributed by atoms with Gasteiger partial charge >= 0.3 is 0 Å². The zero-order valence-corrected chi connectivity index (χ0v) is 11.9. The molecule has 0 aliphatic rings. The molecule has 0 N–H and O–H groups in total. The van der Waals surface area contributed by atoms with Crippen molar-refractivity contribution in [3.63, 3.8) is 0 Å².